The summed E-state index contributed by atoms with van der Waals surface area (Å²) < 4.78 is 0. The van der Waals surface area contributed by atoms with Gasteiger partial charge < -0.3 is 0 Å². The SMILES string of the molecule is CCCNC(C#N)(CC)CCCSCC1CCCC1. The second-order valence-electron chi connectivity index (χ2n) is 5.80. The van der Waals surface area contributed by atoms with E-state index in [1.165, 1.54) is 37.2 Å². The molecule has 1 N–H and O–H groups in total. The summed E-state index contributed by atoms with van der Waals surface area (Å²) in [6.07, 6.45) is 9.95. The van der Waals surface area contributed by atoms with Crippen LogP contribution in [0.5, 0.6) is 0 Å². The predicted molar refractivity (Wildman–Crippen MR) is 85.4 cm³/mol. The molecular formula is C16H30N2S. The lowest BCUT2D eigenvalue weighted by Crippen LogP contribution is -2.43. The van der Waals surface area contributed by atoms with Crippen molar-refractivity contribution in [1.82, 2.24) is 5.32 Å². The highest BCUT2D eigenvalue weighted by Gasteiger charge is 2.26. The number of rotatable bonds is 10. The first-order valence-electron chi connectivity index (χ1n) is 8.00. The minimum Gasteiger partial charge on any atom is -0.299 e. The summed E-state index contributed by atoms with van der Waals surface area (Å²) in [4.78, 5) is 0. The van der Waals surface area contributed by atoms with Gasteiger partial charge in [0.05, 0.1) is 6.07 Å². The van der Waals surface area contributed by atoms with Crippen LogP contribution in [0.15, 0.2) is 0 Å². The monoisotopic (exact) mass is 282 g/mol. The molecule has 3 heteroatoms. The normalized spacial score (nSPS) is 19.2. The van der Waals surface area contributed by atoms with Gasteiger partial charge >= 0.3 is 0 Å². The molecule has 0 bridgehead atoms. The topological polar surface area (TPSA) is 35.8 Å². The Bertz CT molecular complexity index is 268. The highest BCUT2D eigenvalue weighted by atomic mass is 32.2. The quantitative estimate of drug-likeness (QED) is 0.605. The van der Waals surface area contributed by atoms with Gasteiger partial charge in [-0.3, -0.25) is 5.32 Å². The van der Waals surface area contributed by atoms with E-state index in [9.17, 15) is 5.26 Å². The Hall–Kier alpha value is -0.200. The lowest BCUT2D eigenvalue weighted by Gasteiger charge is -2.26. The third-order valence-corrected chi connectivity index (χ3v) is 5.54. The molecule has 0 amide bonds. The molecule has 0 saturated heterocycles. The van der Waals surface area contributed by atoms with Gasteiger partial charge in [-0.25, -0.2) is 0 Å². The van der Waals surface area contributed by atoms with E-state index in [1.807, 2.05) is 0 Å². The maximum atomic E-state index is 9.41. The van der Waals surface area contributed by atoms with Crippen molar-refractivity contribution in [2.45, 2.75) is 70.8 Å². The van der Waals surface area contributed by atoms with E-state index < -0.39 is 0 Å². The molecule has 0 radical (unpaired) electrons. The molecule has 0 aromatic rings. The molecule has 19 heavy (non-hydrogen) atoms. The number of hydrogen-bond acceptors (Lipinski definition) is 3. The maximum Gasteiger partial charge on any atom is 0.106 e. The van der Waals surface area contributed by atoms with Crippen LogP contribution in [0.25, 0.3) is 0 Å². The van der Waals surface area contributed by atoms with Crippen LogP contribution in [0, 0.1) is 17.2 Å². The van der Waals surface area contributed by atoms with Crippen molar-refractivity contribution in [1.29, 1.82) is 5.26 Å². The second-order valence-corrected chi connectivity index (χ2v) is 6.95. The first-order valence-corrected chi connectivity index (χ1v) is 9.16. The first kappa shape index (κ1) is 16.9. The summed E-state index contributed by atoms with van der Waals surface area (Å²) >= 11 is 2.10. The number of nitriles is 1. The van der Waals surface area contributed by atoms with Crippen LogP contribution in [-0.4, -0.2) is 23.6 Å². The summed E-state index contributed by atoms with van der Waals surface area (Å²) in [6, 6.07) is 2.51. The Morgan fingerprint density at radius 1 is 1.32 bits per heavy atom. The van der Waals surface area contributed by atoms with E-state index in [-0.39, 0.29) is 5.54 Å². The number of nitrogens with one attached hydrogen (secondary N) is 1. The molecule has 1 aliphatic carbocycles. The number of hydrogen-bond donors (Lipinski definition) is 1. The van der Waals surface area contributed by atoms with Crippen molar-refractivity contribution in [3.63, 3.8) is 0 Å². The van der Waals surface area contributed by atoms with Crippen molar-refractivity contribution in [3.8, 4) is 6.07 Å². The van der Waals surface area contributed by atoms with Gasteiger partial charge in [0.2, 0.25) is 0 Å². The van der Waals surface area contributed by atoms with E-state index in [0.717, 1.165) is 38.1 Å². The lowest BCUT2D eigenvalue weighted by molar-refractivity contribution is 0.371. The molecule has 110 valence electrons. The minimum absolute atomic E-state index is 0.274. The van der Waals surface area contributed by atoms with Crippen LogP contribution in [0.1, 0.15) is 65.2 Å². The van der Waals surface area contributed by atoms with E-state index in [4.69, 9.17) is 0 Å². The molecule has 0 heterocycles. The Kier molecular flexibility index (Phi) is 8.57. The molecule has 1 fully saturated rings. The summed E-state index contributed by atoms with van der Waals surface area (Å²) in [7, 11) is 0. The van der Waals surface area contributed by atoms with Gasteiger partial charge in [-0.15, -0.1) is 0 Å². The summed E-state index contributed by atoms with van der Waals surface area (Å²) in [5.41, 5.74) is -0.274. The zero-order chi connectivity index (χ0) is 14.0. The third kappa shape index (κ3) is 6.19. The number of nitrogens with zero attached hydrogens (tertiary/aromatic N) is 1. The zero-order valence-corrected chi connectivity index (χ0v) is 13.5. The van der Waals surface area contributed by atoms with Crippen molar-refractivity contribution in [2.75, 3.05) is 18.1 Å². The largest absolute Gasteiger partial charge is 0.299 e. The molecule has 0 aromatic carbocycles. The Morgan fingerprint density at radius 2 is 2.05 bits per heavy atom. The summed E-state index contributed by atoms with van der Waals surface area (Å²) in [5.74, 6) is 3.54. The molecule has 1 unspecified atom stereocenters. The van der Waals surface area contributed by atoms with Crippen molar-refractivity contribution < 1.29 is 0 Å². The molecular weight excluding hydrogens is 252 g/mol. The first-order chi connectivity index (χ1) is 9.26. The summed E-state index contributed by atoms with van der Waals surface area (Å²) in [6.45, 7) is 5.23. The van der Waals surface area contributed by atoms with Gasteiger partial charge in [-0.05, 0) is 62.5 Å². The van der Waals surface area contributed by atoms with Crippen molar-refractivity contribution >= 4 is 11.8 Å². The van der Waals surface area contributed by atoms with Crippen LogP contribution in [-0.2, 0) is 0 Å². The molecule has 1 rings (SSSR count). The van der Waals surface area contributed by atoms with Gasteiger partial charge in [-0.1, -0.05) is 26.7 Å². The third-order valence-electron chi connectivity index (χ3n) is 4.25. The zero-order valence-electron chi connectivity index (χ0n) is 12.7. The second kappa shape index (κ2) is 9.66. The molecule has 2 nitrogen and oxygen atoms in total. The van der Waals surface area contributed by atoms with E-state index in [2.05, 4.69) is 37.0 Å². The van der Waals surface area contributed by atoms with E-state index in [1.54, 1.807) is 0 Å². The van der Waals surface area contributed by atoms with Gasteiger partial charge in [0.25, 0.3) is 0 Å². The highest BCUT2D eigenvalue weighted by molar-refractivity contribution is 7.99. The van der Waals surface area contributed by atoms with Crippen LogP contribution in [0.4, 0.5) is 0 Å². The highest BCUT2D eigenvalue weighted by Crippen LogP contribution is 2.28. The summed E-state index contributed by atoms with van der Waals surface area (Å²) in [5, 5.41) is 12.9. The predicted octanol–water partition coefficient (Wildman–Crippen LogP) is 4.36. The molecule has 1 saturated carbocycles. The fraction of sp³-hybridized carbons (Fsp3) is 0.938. The van der Waals surface area contributed by atoms with Gasteiger partial charge in [0.1, 0.15) is 5.54 Å². The molecule has 1 atom stereocenters. The van der Waals surface area contributed by atoms with Crippen molar-refractivity contribution in [2.24, 2.45) is 5.92 Å². The smallest absolute Gasteiger partial charge is 0.106 e. The fourth-order valence-corrected chi connectivity index (χ4v) is 4.01. The lowest BCUT2D eigenvalue weighted by atomic mass is 9.92. The Labute approximate surface area is 123 Å². The molecule has 0 aromatic heterocycles. The molecule has 0 aliphatic heterocycles. The average Bonchev–Trinajstić information content (AvgIpc) is 2.95. The average molecular weight is 282 g/mol. The Morgan fingerprint density at radius 3 is 2.63 bits per heavy atom. The Balaban J connectivity index is 2.15. The standard InChI is InChI=1S/C16H30N2S/c1-3-11-18-16(4-2,14-17)10-7-12-19-13-15-8-5-6-9-15/h15,18H,3-13H2,1-2H3. The van der Waals surface area contributed by atoms with Crippen LogP contribution >= 0.6 is 11.8 Å². The van der Waals surface area contributed by atoms with Gasteiger partial charge in [0.15, 0.2) is 0 Å². The van der Waals surface area contributed by atoms with Crippen molar-refractivity contribution in [3.05, 3.63) is 0 Å². The van der Waals surface area contributed by atoms with Gasteiger partial charge in [-0.2, -0.15) is 17.0 Å². The molecule has 1 aliphatic rings. The van der Waals surface area contributed by atoms with Crippen LogP contribution < -0.4 is 5.32 Å². The maximum absolute atomic E-state index is 9.41. The van der Waals surface area contributed by atoms with Crippen LogP contribution in [0.3, 0.4) is 0 Å². The van der Waals surface area contributed by atoms with E-state index >= 15 is 0 Å². The fourth-order valence-electron chi connectivity index (χ4n) is 2.83. The molecule has 0 spiro atoms. The minimum atomic E-state index is -0.274. The van der Waals surface area contributed by atoms with Crippen LogP contribution in [0.2, 0.25) is 0 Å². The van der Waals surface area contributed by atoms with Gasteiger partial charge in [0, 0.05) is 0 Å². The van der Waals surface area contributed by atoms with E-state index in [0.29, 0.717) is 0 Å². The number of thioether (sulfide) groups is 1.